The number of likely N-dealkylation sites (tertiary alicyclic amines) is 1. The molecule has 1 aliphatic heterocycles. The number of halogens is 1. The third-order valence-electron chi connectivity index (χ3n) is 6.39. The van der Waals surface area contributed by atoms with Crippen molar-refractivity contribution in [1.29, 1.82) is 0 Å². The van der Waals surface area contributed by atoms with Crippen molar-refractivity contribution < 1.29 is 4.79 Å². The molecule has 0 spiro atoms. The molecule has 1 aromatic carbocycles. The first kappa shape index (κ1) is 18.5. The van der Waals surface area contributed by atoms with Gasteiger partial charge in [0.1, 0.15) is 0 Å². The van der Waals surface area contributed by atoms with Gasteiger partial charge in [-0.25, -0.2) is 0 Å². The van der Waals surface area contributed by atoms with E-state index in [4.69, 9.17) is 11.6 Å². The summed E-state index contributed by atoms with van der Waals surface area (Å²) in [5, 5.41) is 0.743. The molecule has 4 rings (SSSR count). The van der Waals surface area contributed by atoms with Crippen LogP contribution in [0, 0.1) is 5.92 Å². The fourth-order valence-electron chi connectivity index (χ4n) is 4.77. The van der Waals surface area contributed by atoms with Gasteiger partial charge in [0.05, 0.1) is 0 Å². The van der Waals surface area contributed by atoms with Crippen molar-refractivity contribution in [2.24, 2.45) is 5.92 Å². The number of aromatic nitrogens is 1. The van der Waals surface area contributed by atoms with Crippen LogP contribution in [0.2, 0.25) is 5.02 Å². The molecule has 0 bridgehead atoms. The van der Waals surface area contributed by atoms with Crippen LogP contribution in [0.3, 0.4) is 0 Å². The number of amides is 1. The quantitative estimate of drug-likeness (QED) is 0.680. The molecule has 2 atom stereocenters. The maximum Gasteiger partial charge on any atom is 0.226 e. The van der Waals surface area contributed by atoms with Crippen LogP contribution in [0.25, 0.3) is 11.1 Å². The summed E-state index contributed by atoms with van der Waals surface area (Å²) >= 11 is 6.64. The molecule has 3 nitrogen and oxygen atoms in total. The zero-order chi connectivity index (χ0) is 18.8. The normalized spacial score (nSPS) is 22.2. The van der Waals surface area contributed by atoms with Crippen molar-refractivity contribution in [3.8, 4) is 11.1 Å². The van der Waals surface area contributed by atoms with Crippen molar-refractivity contribution >= 4 is 17.5 Å². The van der Waals surface area contributed by atoms with E-state index in [1.54, 1.807) is 6.20 Å². The van der Waals surface area contributed by atoms with Gasteiger partial charge in [0.2, 0.25) is 5.91 Å². The highest BCUT2D eigenvalue weighted by Gasteiger charge is 2.39. The smallest absolute Gasteiger partial charge is 0.226 e. The lowest BCUT2D eigenvalue weighted by Crippen LogP contribution is -2.39. The molecular weight excluding hydrogens is 356 g/mol. The first-order chi connectivity index (χ1) is 13.1. The second-order valence-electron chi connectivity index (χ2n) is 7.99. The minimum absolute atomic E-state index is 0.0497. The van der Waals surface area contributed by atoms with Crippen molar-refractivity contribution in [3.63, 3.8) is 0 Å². The second kappa shape index (κ2) is 8.02. The Balaban J connectivity index is 1.51. The van der Waals surface area contributed by atoms with E-state index in [9.17, 15) is 4.79 Å². The summed E-state index contributed by atoms with van der Waals surface area (Å²) in [6.07, 6.45) is 10.7. The summed E-state index contributed by atoms with van der Waals surface area (Å²) in [6.45, 7) is 3.06. The van der Waals surface area contributed by atoms with Gasteiger partial charge in [-0.3, -0.25) is 9.78 Å². The molecule has 142 valence electrons. The molecule has 1 amide bonds. The molecule has 0 N–H and O–H groups in total. The van der Waals surface area contributed by atoms with Crippen molar-refractivity contribution in [2.75, 3.05) is 6.54 Å². The molecule has 1 aromatic heterocycles. The third kappa shape index (κ3) is 3.75. The first-order valence-electron chi connectivity index (χ1n) is 10.2. The van der Waals surface area contributed by atoms with E-state index in [1.807, 2.05) is 24.4 Å². The number of benzene rings is 1. The maximum atomic E-state index is 13.1. The second-order valence-corrected chi connectivity index (χ2v) is 8.39. The molecule has 2 aromatic rings. The van der Waals surface area contributed by atoms with Gasteiger partial charge in [-0.15, -0.1) is 0 Å². The summed E-state index contributed by atoms with van der Waals surface area (Å²) in [5.41, 5.74) is 3.19. The lowest BCUT2D eigenvalue weighted by Gasteiger charge is -2.31. The van der Waals surface area contributed by atoms with Crippen LogP contribution in [0.5, 0.6) is 0 Å². The number of carbonyl (C=O) groups is 1. The summed E-state index contributed by atoms with van der Waals surface area (Å²) in [6, 6.07) is 10.6. The number of hydrogen-bond acceptors (Lipinski definition) is 2. The number of carbonyl (C=O) groups excluding carboxylic acids is 1. The Kier molecular flexibility index (Phi) is 5.49. The minimum Gasteiger partial charge on any atom is -0.339 e. The monoisotopic (exact) mass is 382 g/mol. The average Bonchev–Trinajstić information content (AvgIpc) is 3.10. The van der Waals surface area contributed by atoms with Gasteiger partial charge in [-0.1, -0.05) is 56.0 Å². The van der Waals surface area contributed by atoms with Gasteiger partial charge in [0.25, 0.3) is 0 Å². The minimum atomic E-state index is 0.0497. The predicted octanol–water partition coefficient (Wildman–Crippen LogP) is 5.69. The highest BCUT2D eigenvalue weighted by atomic mass is 35.5. The number of hydrogen-bond donors (Lipinski definition) is 0. The number of rotatable bonds is 4. The standard InChI is InChI=1S/C23H27ClN2O/c1-16(21-11-13-26(23(21)27)19-7-3-2-4-8-19)20-10-9-17(14-22(20)24)18-6-5-12-25-15-18/h5-6,9-10,12,14-16,19,21H,2-4,7-8,11,13H2,1H3. The molecule has 27 heavy (non-hydrogen) atoms. The van der Waals surface area contributed by atoms with Crippen LogP contribution >= 0.6 is 11.6 Å². The summed E-state index contributed by atoms with van der Waals surface area (Å²) in [7, 11) is 0. The first-order valence-corrected chi connectivity index (χ1v) is 10.5. The van der Waals surface area contributed by atoms with Crippen LogP contribution in [0.1, 0.15) is 56.9 Å². The SMILES string of the molecule is CC(c1ccc(-c2cccnc2)cc1Cl)C1CCN(C2CCCCC2)C1=O. The van der Waals surface area contributed by atoms with Crippen LogP contribution in [-0.4, -0.2) is 28.4 Å². The zero-order valence-corrected chi connectivity index (χ0v) is 16.7. The van der Waals surface area contributed by atoms with Gasteiger partial charge in [0, 0.05) is 41.5 Å². The lowest BCUT2D eigenvalue weighted by atomic mass is 9.85. The van der Waals surface area contributed by atoms with Gasteiger partial charge in [-0.05, 0) is 48.4 Å². The molecule has 1 saturated carbocycles. The van der Waals surface area contributed by atoms with E-state index < -0.39 is 0 Å². The molecule has 4 heteroatoms. The third-order valence-corrected chi connectivity index (χ3v) is 6.71. The number of nitrogens with zero attached hydrogens (tertiary/aromatic N) is 2. The highest BCUT2D eigenvalue weighted by Crippen LogP contribution is 2.39. The molecule has 1 saturated heterocycles. The number of pyridine rings is 1. The molecule has 2 unspecified atom stereocenters. The maximum absolute atomic E-state index is 13.1. The Morgan fingerprint density at radius 3 is 2.63 bits per heavy atom. The van der Waals surface area contributed by atoms with E-state index in [1.165, 1.54) is 32.1 Å². The molecule has 2 fully saturated rings. The summed E-state index contributed by atoms with van der Waals surface area (Å²) in [4.78, 5) is 19.4. The Morgan fingerprint density at radius 1 is 1.11 bits per heavy atom. The Bertz CT molecular complexity index is 801. The largest absolute Gasteiger partial charge is 0.339 e. The Labute approximate surface area is 166 Å². The van der Waals surface area contributed by atoms with E-state index in [2.05, 4.69) is 28.9 Å². The van der Waals surface area contributed by atoms with E-state index in [0.29, 0.717) is 11.9 Å². The summed E-state index contributed by atoms with van der Waals surface area (Å²) in [5.74, 6) is 0.525. The lowest BCUT2D eigenvalue weighted by molar-refractivity contribution is -0.133. The zero-order valence-electron chi connectivity index (χ0n) is 15.9. The molecule has 2 heterocycles. The summed E-state index contributed by atoms with van der Waals surface area (Å²) < 4.78 is 0. The van der Waals surface area contributed by atoms with E-state index in [-0.39, 0.29) is 11.8 Å². The van der Waals surface area contributed by atoms with Gasteiger partial charge >= 0.3 is 0 Å². The van der Waals surface area contributed by atoms with Gasteiger partial charge in [0.15, 0.2) is 0 Å². The fraction of sp³-hybridized carbons (Fsp3) is 0.478. The van der Waals surface area contributed by atoms with Gasteiger partial charge in [-0.2, -0.15) is 0 Å². The molecule has 0 radical (unpaired) electrons. The van der Waals surface area contributed by atoms with Gasteiger partial charge < -0.3 is 4.90 Å². The molecular formula is C23H27ClN2O. The van der Waals surface area contributed by atoms with Crippen LogP contribution in [0.4, 0.5) is 0 Å². The predicted molar refractivity (Wildman–Crippen MR) is 110 cm³/mol. The fourth-order valence-corrected chi connectivity index (χ4v) is 5.12. The van der Waals surface area contributed by atoms with Crippen molar-refractivity contribution in [1.82, 2.24) is 9.88 Å². The van der Waals surface area contributed by atoms with E-state index in [0.717, 1.165) is 34.7 Å². The average molecular weight is 383 g/mol. The Morgan fingerprint density at radius 2 is 1.93 bits per heavy atom. The van der Waals surface area contributed by atoms with Crippen molar-refractivity contribution in [3.05, 3.63) is 53.3 Å². The van der Waals surface area contributed by atoms with Crippen molar-refractivity contribution in [2.45, 2.75) is 57.4 Å². The topological polar surface area (TPSA) is 33.2 Å². The van der Waals surface area contributed by atoms with Crippen LogP contribution in [0.15, 0.2) is 42.7 Å². The van der Waals surface area contributed by atoms with E-state index >= 15 is 0 Å². The molecule has 1 aliphatic carbocycles. The van der Waals surface area contributed by atoms with Crippen LogP contribution < -0.4 is 0 Å². The van der Waals surface area contributed by atoms with Crippen LogP contribution in [-0.2, 0) is 4.79 Å². The Hall–Kier alpha value is -1.87. The molecule has 2 aliphatic rings. The highest BCUT2D eigenvalue weighted by molar-refractivity contribution is 6.31.